The molecule has 0 saturated heterocycles. The lowest BCUT2D eigenvalue weighted by Crippen LogP contribution is -2.25. The van der Waals surface area contributed by atoms with Crippen LogP contribution in [0.3, 0.4) is 0 Å². The predicted molar refractivity (Wildman–Crippen MR) is 111 cm³/mol. The lowest BCUT2D eigenvalue weighted by Gasteiger charge is -2.09. The van der Waals surface area contributed by atoms with Crippen molar-refractivity contribution in [2.75, 3.05) is 6.54 Å². The molecule has 0 bridgehead atoms. The van der Waals surface area contributed by atoms with Gasteiger partial charge in [-0.15, -0.1) is 0 Å². The van der Waals surface area contributed by atoms with Gasteiger partial charge in [0.15, 0.2) is 0 Å². The van der Waals surface area contributed by atoms with Crippen LogP contribution in [0.25, 0.3) is 0 Å². The minimum Gasteiger partial charge on any atom is -0.489 e. The Kier molecular flexibility index (Phi) is 6.84. The molecule has 0 saturated carbocycles. The number of nitrogens with one attached hydrogen (secondary N) is 1. The van der Waals surface area contributed by atoms with Crippen LogP contribution >= 0.6 is 0 Å². The molecule has 0 aliphatic carbocycles. The standard InChI is InChI=1S/C23H27N3O2/c1-3-19-8-10-22(11-9-19)28-17-20-6-4-7-21(14-20)23(27)24-12-5-13-26-16-18(2)15-25-26/h4,6-11,14-16H,3,5,12-13,17H2,1-2H3,(H,24,27). The molecule has 0 spiro atoms. The second kappa shape index (κ2) is 9.74. The van der Waals surface area contributed by atoms with Gasteiger partial charge in [0, 0.05) is 24.8 Å². The fraction of sp³-hybridized carbons (Fsp3) is 0.304. The van der Waals surface area contributed by atoms with Crippen molar-refractivity contribution in [3.8, 4) is 5.75 Å². The number of carbonyl (C=O) groups excluding carboxylic acids is 1. The molecule has 0 aliphatic heterocycles. The molecule has 1 heterocycles. The molecule has 5 nitrogen and oxygen atoms in total. The summed E-state index contributed by atoms with van der Waals surface area (Å²) in [6, 6.07) is 15.7. The summed E-state index contributed by atoms with van der Waals surface area (Å²) in [7, 11) is 0. The highest BCUT2D eigenvalue weighted by Gasteiger charge is 2.06. The van der Waals surface area contributed by atoms with Crippen molar-refractivity contribution >= 4 is 5.91 Å². The monoisotopic (exact) mass is 377 g/mol. The Morgan fingerprint density at radius 3 is 2.68 bits per heavy atom. The minimum atomic E-state index is -0.0641. The molecule has 3 aromatic rings. The molecule has 5 heteroatoms. The second-order valence-corrected chi connectivity index (χ2v) is 6.88. The number of nitrogens with zero attached hydrogens (tertiary/aromatic N) is 2. The summed E-state index contributed by atoms with van der Waals surface area (Å²) >= 11 is 0. The maximum atomic E-state index is 12.4. The molecule has 28 heavy (non-hydrogen) atoms. The van der Waals surface area contributed by atoms with Gasteiger partial charge < -0.3 is 10.1 Å². The van der Waals surface area contributed by atoms with E-state index in [1.54, 1.807) is 0 Å². The van der Waals surface area contributed by atoms with Crippen LogP contribution < -0.4 is 10.1 Å². The molecule has 0 unspecified atom stereocenters. The summed E-state index contributed by atoms with van der Waals surface area (Å²) in [5.41, 5.74) is 4.05. The second-order valence-electron chi connectivity index (χ2n) is 6.88. The van der Waals surface area contributed by atoms with Crippen LogP contribution in [0.15, 0.2) is 60.9 Å². The minimum absolute atomic E-state index is 0.0641. The van der Waals surface area contributed by atoms with Crippen molar-refractivity contribution in [3.05, 3.63) is 83.2 Å². The van der Waals surface area contributed by atoms with Crippen molar-refractivity contribution in [2.24, 2.45) is 0 Å². The van der Waals surface area contributed by atoms with E-state index in [4.69, 9.17) is 4.74 Å². The van der Waals surface area contributed by atoms with Gasteiger partial charge in [-0.2, -0.15) is 5.10 Å². The highest BCUT2D eigenvalue weighted by Crippen LogP contribution is 2.15. The van der Waals surface area contributed by atoms with E-state index in [2.05, 4.69) is 29.5 Å². The SMILES string of the molecule is CCc1ccc(OCc2cccc(C(=O)NCCCn3cc(C)cn3)c2)cc1. The molecule has 1 amide bonds. The average Bonchev–Trinajstić information content (AvgIpc) is 3.15. The van der Waals surface area contributed by atoms with Gasteiger partial charge in [-0.1, -0.05) is 31.2 Å². The summed E-state index contributed by atoms with van der Waals surface area (Å²) < 4.78 is 7.73. The topological polar surface area (TPSA) is 56.1 Å². The summed E-state index contributed by atoms with van der Waals surface area (Å²) in [4.78, 5) is 12.4. The number of ether oxygens (including phenoxy) is 1. The van der Waals surface area contributed by atoms with Gasteiger partial charge in [-0.05, 0) is 60.7 Å². The summed E-state index contributed by atoms with van der Waals surface area (Å²) in [6.45, 7) is 5.99. The normalized spacial score (nSPS) is 10.6. The van der Waals surface area contributed by atoms with Crippen LogP contribution in [0.4, 0.5) is 0 Å². The molecule has 1 aromatic heterocycles. The van der Waals surface area contributed by atoms with E-state index in [1.165, 1.54) is 5.56 Å². The highest BCUT2D eigenvalue weighted by atomic mass is 16.5. The Labute approximate surface area is 166 Å². The van der Waals surface area contributed by atoms with E-state index in [0.29, 0.717) is 18.7 Å². The van der Waals surface area contributed by atoms with E-state index in [0.717, 1.165) is 36.3 Å². The van der Waals surface area contributed by atoms with Gasteiger partial charge in [-0.3, -0.25) is 9.48 Å². The first-order valence-corrected chi connectivity index (χ1v) is 9.72. The summed E-state index contributed by atoms with van der Waals surface area (Å²) in [5.74, 6) is 0.770. The van der Waals surface area contributed by atoms with E-state index in [1.807, 2.05) is 60.4 Å². The molecular formula is C23H27N3O2. The van der Waals surface area contributed by atoms with Crippen LogP contribution in [0.5, 0.6) is 5.75 Å². The first-order valence-electron chi connectivity index (χ1n) is 9.72. The lowest BCUT2D eigenvalue weighted by molar-refractivity contribution is 0.0952. The Morgan fingerprint density at radius 2 is 1.96 bits per heavy atom. The van der Waals surface area contributed by atoms with Crippen molar-refractivity contribution in [2.45, 2.75) is 39.8 Å². The van der Waals surface area contributed by atoms with Crippen molar-refractivity contribution in [1.82, 2.24) is 15.1 Å². The van der Waals surface area contributed by atoms with Gasteiger partial charge in [-0.25, -0.2) is 0 Å². The van der Waals surface area contributed by atoms with Gasteiger partial charge in [0.1, 0.15) is 12.4 Å². The molecule has 146 valence electrons. The molecule has 3 rings (SSSR count). The quantitative estimate of drug-likeness (QED) is 0.570. The van der Waals surface area contributed by atoms with E-state index in [-0.39, 0.29) is 5.91 Å². The van der Waals surface area contributed by atoms with E-state index >= 15 is 0 Å². The van der Waals surface area contributed by atoms with E-state index in [9.17, 15) is 4.79 Å². The Balaban J connectivity index is 1.46. The molecule has 0 fully saturated rings. The zero-order valence-electron chi connectivity index (χ0n) is 16.5. The predicted octanol–water partition coefficient (Wildman–Crippen LogP) is 4.15. The molecule has 0 aliphatic rings. The van der Waals surface area contributed by atoms with Crippen molar-refractivity contribution in [1.29, 1.82) is 0 Å². The Morgan fingerprint density at radius 1 is 1.14 bits per heavy atom. The first-order chi connectivity index (χ1) is 13.6. The highest BCUT2D eigenvalue weighted by molar-refractivity contribution is 5.94. The van der Waals surface area contributed by atoms with Gasteiger partial charge >= 0.3 is 0 Å². The van der Waals surface area contributed by atoms with Crippen LogP contribution in [-0.2, 0) is 19.6 Å². The van der Waals surface area contributed by atoms with Gasteiger partial charge in [0.2, 0.25) is 0 Å². The number of hydrogen-bond acceptors (Lipinski definition) is 3. The maximum Gasteiger partial charge on any atom is 0.251 e. The lowest BCUT2D eigenvalue weighted by atomic mass is 10.1. The van der Waals surface area contributed by atoms with Gasteiger partial charge in [0.05, 0.1) is 6.20 Å². The molecular weight excluding hydrogens is 350 g/mol. The van der Waals surface area contributed by atoms with Crippen LogP contribution in [0.1, 0.15) is 40.4 Å². The Bertz CT molecular complexity index is 900. The maximum absolute atomic E-state index is 12.4. The van der Waals surface area contributed by atoms with Crippen LogP contribution in [0, 0.1) is 6.92 Å². The molecule has 2 aromatic carbocycles. The Hall–Kier alpha value is -3.08. The fourth-order valence-corrected chi connectivity index (χ4v) is 2.92. The smallest absolute Gasteiger partial charge is 0.251 e. The van der Waals surface area contributed by atoms with Crippen molar-refractivity contribution in [3.63, 3.8) is 0 Å². The molecule has 0 radical (unpaired) electrons. The largest absolute Gasteiger partial charge is 0.489 e. The van der Waals surface area contributed by atoms with Crippen LogP contribution in [-0.4, -0.2) is 22.2 Å². The number of hydrogen-bond donors (Lipinski definition) is 1. The number of aryl methyl sites for hydroxylation is 3. The van der Waals surface area contributed by atoms with Gasteiger partial charge in [0.25, 0.3) is 5.91 Å². The third-order valence-electron chi connectivity index (χ3n) is 4.54. The fourth-order valence-electron chi connectivity index (χ4n) is 2.92. The summed E-state index contributed by atoms with van der Waals surface area (Å²) in [5, 5.41) is 7.22. The zero-order valence-corrected chi connectivity index (χ0v) is 16.5. The van der Waals surface area contributed by atoms with Crippen LogP contribution in [0.2, 0.25) is 0 Å². The number of benzene rings is 2. The number of aromatic nitrogens is 2. The average molecular weight is 377 g/mol. The number of carbonyl (C=O) groups is 1. The third-order valence-corrected chi connectivity index (χ3v) is 4.54. The zero-order chi connectivity index (χ0) is 19.8. The third kappa shape index (κ3) is 5.71. The first kappa shape index (κ1) is 19.7. The molecule has 0 atom stereocenters. The number of rotatable bonds is 9. The summed E-state index contributed by atoms with van der Waals surface area (Å²) in [6.07, 6.45) is 5.69. The van der Waals surface area contributed by atoms with E-state index < -0.39 is 0 Å². The number of amides is 1. The molecule has 1 N–H and O–H groups in total. The van der Waals surface area contributed by atoms with Crippen molar-refractivity contribution < 1.29 is 9.53 Å².